The molecular weight excluding hydrogens is 350 g/mol. The number of hydrogen-bond donors (Lipinski definition) is 1. The van der Waals surface area contributed by atoms with Gasteiger partial charge in [0.15, 0.2) is 0 Å². The molecule has 1 heterocycles. The Bertz CT molecular complexity index is 907. The molecule has 0 unspecified atom stereocenters. The SMILES string of the molecule is COc1ccccc1CCNC(=O)c1c(C)nn(-c2ccccc2)c1Cl. The van der Waals surface area contributed by atoms with Crippen LogP contribution in [0.1, 0.15) is 21.6 Å². The first kappa shape index (κ1) is 18.0. The van der Waals surface area contributed by atoms with Crippen LogP contribution in [0.2, 0.25) is 5.15 Å². The van der Waals surface area contributed by atoms with Crippen molar-refractivity contribution in [3.05, 3.63) is 76.6 Å². The van der Waals surface area contributed by atoms with Gasteiger partial charge in [0.05, 0.1) is 24.1 Å². The van der Waals surface area contributed by atoms with E-state index in [-0.39, 0.29) is 5.91 Å². The Kier molecular flexibility index (Phi) is 5.58. The summed E-state index contributed by atoms with van der Waals surface area (Å²) in [4.78, 5) is 12.6. The number of hydrogen-bond acceptors (Lipinski definition) is 3. The Morgan fingerprint density at radius 3 is 2.58 bits per heavy atom. The van der Waals surface area contributed by atoms with Crippen molar-refractivity contribution in [2.24, 2.45) is 0 Å². The van der Waals surface area contributed by atoms with Crippen LogP contribution in [0.25, 0.3) is 5.69 Å². The number of benzene rings is 2. The third-order valence-corrected chi connectivity index (χ3v) is 4.45. The van der Waals surface area contributed by atoms with Crippen molar-refractivity contribution >= 4 is 17.5 Å². The molecule has 0 spiro atoms. The summed E-state index contributed by atoms with van der Waals surface area (Å²) in [6.45, 7) is 2.26. The van der Waals surface area contributed by atoms with Crippen molar-refractivity contribution in [2.75, 3.05) is 13.7 Å². The molecule has 0 radical (unpaired) electrons. The van der Waals surface area contributed by atoms with Crippen molar-refractivity contribution < 1.29 is 9.53 Å². The molecule has 3 rings (SSSR count). The molecule has 0 aliphatic carbocycles. The minimum atomic E-state index is -0.232. The molecule has 0 fully saturated rings. The summed E-state index contributed by atoms with van der Waals surface area (Å²) < 4.78 is 6.91. The standard InChI is InChI=1S/C20H20ClN3O2/c1-14-18(19(21)24(23-14)16-9-4-3-5-10-16)20(25)22-13-12-15-8-6-7-11-17(15)26-2/h3-11H,12-13H2,1-2H3,(H,22,25). The predicted octanol–water partition coefficient (Wildman–Crippen LogP) is 3.82. The van der Waals surface area contributed by atoms with Crippen molar-refractivity contribution in [2.45, 2.75) is 13.3 Å². The maximum absolute atomic E-state index is 12.6. The summed E-state index contributed by atoms with van der Waals surface area (Å²) in [5.41, 5.74) is 2.84. The normalized spacial score (nSPS) is 10.6. The van der Waals surface area contributed by atoms with Crippen molar-refractivity contribution in [3.63, 3.8) is 0 Å². The van der Waals surface area contributed by atoms with Gasteiger partial charge in [0.2, 0.25) is 0 Å². The molecule has 1 amide bonds. The van der Waals surface area contributed by atoms with Crippen molar-refractivity contribution in [3.8, 4) is 11.4 Å². The molecule has 3 aromatic rings. The van der Waals surface area contributed by atoms with Gasteiger partial charge in [0.25, 0.3) is 5.91 Å². The average molecular weight is 370 g/mol. The number of methoxy groups -OCH3 is 1. The number of rotatable bonds is 6. The second kappa shape index (κ2) is 8.06. The summed E-state index contributed by atoms with van der Waals surface area (Å²) in [5, 5.41) is 7.62. The third-order valence-electron chi connectivity index (χ3n) is 4.10. The molecule has 1 aromatic heterocycles. The number of aryl methyl sites for hydroxylation is 1. The van der Waals surface area contributed by atoms with Gasteiger partial charge in [0.1, 0.15) is 10.9 Å². The number of carbonyl (C=O) groups excluding carboxylic acids is 1. The second-order valence-corrected chi connectivity index (χ2v) is 6.17. The Labute approximate surface area is 157 Å². The van der Waals surface area contributed by atoms with Crippen LogP contribution >= 0.6 is 11.6 Å². The van der Waals surface area contributed by atoms with Gasteiger partial charge in [-0.1, -0.05) is 48.0 Å². The number of amides is 1. The van der Waals surface area contributed by atoms with E-state index in [0.717, 1.165) is 17.0 Å². The van der Waals surface area contributed by atoms with E-state index < -0.39 is 0 Å². The molecule has 134 valence electrons. The quantitative estimate of drug-likeness (QED) is 0.718. The predicted molar refractivity (Wildman–Crippen MR) is 102 cm³/mol. The van der Waals surface area contributed by atoms with E-state index in [0.29, 0.717) is 29.4 Å². The van der Waals surface area contributed by atoms with E-state index in [1.54, 1.807) is 18.7 Å². The molecule has 6 heteroatoms. The topological polar surface area (TPSA) is 56.1 Å². The molecule has 1 N–H and O–H groups in total. The largest absolute Gasteiger partial charge is 0.496 e. The number of carbonyl (C=O) groups is 1. The zero-order valence-corrected chi connectivity index (χ0v) is 15.5. The van der Waals surface area contributed by atoms with Crippen LogP contribution in [0.4, 0.5) is 0 Å². The fraction of sp³-hybridized carbons (Fsp3) is 0.200. The lowest BCUT2D eigenvalue weighted by Gasteiger charge is -2.09. The van der Waals surface area contributed by atoms with Crippen LogP contribution in [0.5, 0.6) is 5.75 Å². The Balaban J connectivity index is 1.72. The van der Waals surface area contributed by atoms with Crippen LogP contribution in [-0.2, 0) is 6.42 Å². The van der Waals surface area contributed by atoms with E-state index in [4.69, 9.17) is 16.3 Å². The minimum Gasteiger partial charge on any atom is -0.496 e. The molecule has 0 aliphatic rings. The molecule has 5 nitrogen and oxygen atoms in total. The van der Waals surface area contributed by atoms with Gasteiger partial charge in [-0.05, 0) is 37.1 Å². The van der Waals surface area contributed by atoms with E-state index in [9.17, 15) is 4.79 Å². The van der Waals surface area contributed by atoms with Crippen LogP contribution in [0.3, 0.4) is 0 Å². The van der Waals surface area contributed by atoms with Crippen molar-refractivity contribution in [1.82, 2.24) is 15.1 Å². The zero-order chi connectivity index (χ0) is 18.5. The zero-order valence-electron chi connectivity index (χ0n) is 14.7. The highest BCUT2D eigenvalue weighted by Gasteiger charge is 2.20. The van der Waals surface area contributed by atoms with Crippen LogP contribution in [0.15, 0.2) is 54.6 Å². The Morgan fingerprint density at radius 2 is 1.85 bits per heavy atom. The van der Waals surface area contributed by atoms with Gasteiger partial charge in [0, 0.05) is 6.54 Å². The van der Waals surface area contributed by atoms with Crippen LogP contribution in [-0.4, -0.2) is 29.3 Å². The molecule has 0 saturated heterocycles. The third kappa shape index (κ3) is 3.73. The van der Waals surface area contributed by atoms with Gasteiger partial charge in [-0.3, -0.25) is 4.79 Å². The van der Waals surface area contributed by atoms with Gasteiger partial charge in [-0.2, -0.15) is 5.10 Å². The Morgan fingerprint density at radius 1 is 1.15 bits per heavy atom. The highest BCUT2D eigenvalue weighted by atomic mass is 35.5. The number of nitrogens with zero attached hydrogens (tertiary/aromatic N) is 2. The molecule has 0 saturated carbocycles. The highest BCUT2D eigenvalue weighted by Crippen LogP contribution is 2.23. The van der Waals surface area contributed by atoms with Crippen LogP contribution < -0.4 is 10.1 Å². The average Bonchev–Trinajstić information content (AvgIpc) is 2.97. The van der Waals surface area contributed by atoms with E-state index in [2.05, 4.69) is 10.4 Å². The van der Waals surface area contributed by atoms with Gasteiger partial charge in [-0.25, -0.2) is 4.68 Å². The molecular formula is C20H20ClN3O2. The number of halogens is 1. The smallest absolute Gasteiger partial charge is 0.256 e. The monoisotopic (exact) mass is 369 g/mol. The lowest BCUT2D eigenvalue weighted by Crippen LogP contribution is -2.26. The number of nitrogens with one attached hydrogen (secondary N) is 1. The lowest BCUT2D eigenvalue weighted by atomic mass is 10.1. The summed E-state index contributed by atoms with van der Waals surface area (Å²) in [7, 11) is 1.64. The first-order valence-electron chi connectivity index (χ1n) is 8.32. The van der Waals surface area contributed by atoms with Gasteiger partial charge >= 0.3 is 0 Å². The Hall–Kier alpha value is -2.79. The van der Waals surface area contributed by atoms with E-state index in [1.807, 2.05) is 54.6 Å². The number of ether oxygens (including phenoxy) is 1. The lowest BCUT2D eigenvalue weighted by molar-refractivity contribution is 0.0953. The summed E-state index contributed by atoms with van der Waals surface area (Å²) in [6.07, 6.45) is 0.666. The molecule has 2 aromatic carbocycles. The molecule has 0 aliphatic heterocycles. The fourth-order valence-electron chi connectivity index (χ4n) is 2.81. The van der Waals surface area contributed by atoms with E-state index >= 15 is 0 Å². The first-order chi connectivity index (χ1) is 12.6. The maximum Gasteiger partial charge on any atom is 0.256 e. The van der Waals surface area contributed by atoms with Gasteiger partial charge < -0.3 is 10.1 Å². The molecule has 0 bridgehead atoms. The van der Waals surface area contributed by atoms with E-state index in [1.165, 1.54) is 0 Å². The molecule has 26 heavy (non-hydrogen) atoms. The summed E-state index contributed by atoms with van der Waals surface area (Å²) >= 11 is 6.42. The molecule has 0 atom stereocenters. The first-order valence-corrected chi connectivity index (χ1v) is 8.70. The van der Waals surface area contributed by atoms with Crippen molar-refractivity contribution in [1.29, 1.82) is 0 Å². The number of para-hydroxylation sites is 2. The maximum atomic E-state index is 12.6. The summed E-state index contributed by atoms with van der Waals surface area (Å²) in [5.74, 6) is 0.581. The van der Waals surface area contributed by atoms with Crippen LogP contribution in [0, 0.1) is 6.92 Å². The fourth-order valence-corrected chi connectivity index (χ4v) is 3.16. The second-order valence-electron chi connectivity index (χ2n) is 5.82. The number of aromatic nitrogens is 2. The summed E-state index contributed by atoms with van der Waals surface area (Å²) in [6, 6.07) is 17.2. The highest BCUT2D eigenvalue weighted by molar-refractivity contribution is 6.33. The minimum absolute atomic E-state index is 0.232. The van der Waals surface area contributed by atoms with Gasteiger partial charge in [-0.15, -0.1) is 0 Å².